The molecule has 1 unspecified atom stereocenters. The lowest BCUT2D eigenvalue weighted by molar-refractivity contribution is -0.139. The number of amides is 1. The van der Waals surface area contributed by atoms with Crippen LogP contribution in [0.25, 0.3) is 10.1 Å². The van der Waals surface area contributed by atoms with Crippen molar-refractivity contribution in [3.63, 3.8) is 0 Å². The molecule has 1 amide bonds. The number of carboxylic acid groups (broad SMARTS) is 1. The number of hydrogen-bond acceptors (Lipinski definition) is 7. The Labute approximate surface area is 207 Å². The van der Waals surface area contributed by atoms with Gasteiger partial charge in [-0.3, -0.25) is 9.52 Å². The number of carbonyl (C=O) groups excluding carboxylic acids is 1. The molecule has 0 bridgehead atoms. The molecule has 9 nitrogen and oxygen atoms in total. The van der Waals surface area contributed by atoms with Crippen LogP contribution in [0.15, 0.2) is 76.5 Å². The van der Waals surface area contributed by atoms with E-state index in [2.05, 4.69) is 35.3 Å². The summed E-state index contributed by atoms with van der Waals surface area (Å²) in [5, 5.41) is 12.2. The van der Waals surface area contributed by atoms with Gasteiger partial charge in [-0.1, -0.05) is 46.3 Å². The number of nitrogens with zero attached hydrogens (tertiary/aromatic N) is 2. The van der Waals surface area contributed by atoms with Gasteiger partial charge in [-0.2, -0.15) is 12.8 Å². The summed E-state index contributed by atoms with van der Waals surface area (Å²) in [4.78, 5) is 28.8. The van der Waals surface area contributed by atoms with Gasteiger partial charge in [-0.15, -0.1) is 0 Å². The molecule has 174 valence electrons. The zero-order valence-electron chi connectivity index (χ0n) is 17.3. The van der Waals surface area contributed by atoms with Gasteiger partial charge in [0.15, 0.2) is 5.03 Å². The highest BCUT2D eigenvalue weighted by Crippen LogP contribution is 2.28. The van der Waals surface area contributed by atoms with E-state index in [1.165, 1.54) is 24.5 Å². The van der Waals surface area contributed by atoms with Crippen LogP contribution in [0.1, 0.15) is 15.9 Å². The SMILES string of the molecule is O=C(NC(Cc1ccccc1)C(=O)O)c1ccc(Br)cc1NS(=O)(=O)c1nccc2sncc12. The number of aliphatic carboxylic acids is 1. The molecule has 0 fully saturated rings. The van der Waals surface area contributed by atoms with Crippen molar-refractivity contribution in [1.29, 1.82) is 0 Å². The molecule has 0 saturated heterocycles. The van der Waals surface area contributed by atoms with Crippen LogP contribution in [-0.2, 0) is 21.2 Å². The summed E-state index contributed by atoms with van der Waals surface area (Å²) in [5.41, 5.74) is 0.662. The highest BCUT2D eigenvalue weighted by atomic mass is 79.9. The van der Waals surface area contributed by atoms with Gasteiger partial charge in [-0.25, -0.2) is 9.78 Å². The molecule has 0 aliphatic carbocycles. The second-order valence-electron chi connectivity index (χ2n) is 7.20. The summed E-state index contributed by atoms with van der Waals surface area (Å²) in [7, 11) is -4.19. The number of carboxylic acids is 1. The first kappa shape index (κ1) is 23.8. The molecular weight excluding hydrogens is 544 g/mol. The Balaban J connectivity index is 1.63. The maximum Gasteiger partial charge on any atom is 0.326 e. The smallest absolute Gasteiger partial charge is 0.326 e. The van der Waals surface area contributed by atoms with Crippen LogP contribution < -0.4 is 10.0 Å². The van der Waals surface area contributed by atoms with E-state index < -0.39 is 27.9 Å². The Hall–Kier alpha value is -3.35. The fourth-order valence-corrected chi connectivity index (χ4v) is 5.54. The fourth-order valence-electron chi connectivity index (χ4n) is 3.26. The van der Waals surface area contributed by atoms with Gasteiger partial charge in [0.1, 0.15) is 6.04 Å². The molecule has 0 saturated carbocycles. The minimum atomic E-state index is -4.19. The van der Waals surface area contributed by atoms with Crippen LogP contribution in [0.5, 0.6) is 0 Å². The number of rotatable bonds is 8. The maximum atomic E-state index is 13.1. The lowest BCUT2D eigenvalue weighted by Crippen LogP contribution is -2.42. The zero-order valence-corrected chi connectivity index (χ0v) is 20.5. The molecule has 2 heterocycles. The van der Waals surface area contributed by atoms with Crippen molar-refractivity contribution in [2.45, 2.75) is 17.5 Å². The van der Waals surface area contributed by atoms with E-state index in [4.69, 9.17) is 0 Å². The minimum Gasteiger partial charge on any atom is -0.480 e. The molecule has 12 heteroatoms. The third kappa shape index (κ3) is 5.24. The van der Waals surface area contributed by atoms with Crippen LogP contribution in [-0.4, -0.2) is 40.8 Å². The first-order valence-corrected chi connectivity index (χ1v) is 12.9. The van der Waals surface area contributed by atoms with Gasteiger partial charge in [0, 0.05) is 17.1 Å². The highest BCUT2D eigenvalue weighted by Gasteiger charge is 2.26. The molecule has 3 N–H and O–H groups in total. The Bertz CT molecular complexity index is 1480. The summed E-state index contributed by atoms with van der Waals surface area (Å²) in [5.74, 6) is -1.95. The van der Waals surface area contributed by atoms with Crippen molar-refractivity contribution >= 4 is 65.1 Å². The van der Waals surface area contributed by atoms with Crippen molar-refractivity contribution in [1.82, 2.24) is 14.7 Å². The quantitative estimate of drug-likeness (QED) is 0.298. The second-order valence-corrected chi connectivity index (χ2v) is 10.5. The van der Waals surface area contributed by atoms with E-state index in [-0.39, 0.29) is 22.7 Å². The number of fused-ring (bicyclic) bond motifs is 1. The van der Waals surface area contributed by atoms with Gasteiger partial charge < -0.3 is 10.4 Å². The molecule has 34 heavy (non-hydrogen) atoms. The number of carbonyl (C=O) groups is 2. The molecule has 0 aliphatic heterocycles. The minimum absolute atomic E-state index is 0.0299. The summed E-state index contributed by atoms with van der Waals surface area (Å²) in [6.07, 6.45) is 2.85. The van der Waals surface area contributed by atoms with Crippen molar-refractivity contribution in [3.8, 4) is 0 Å². The number of anilines is 1. The molecule has 2 aromatic heterocycles. The number of hydrogen-bond donors (Lipinski definition) is 3. The molecule has 4 aromatic rings. The zero-order chi connectivity index (χ0) is 24.3. The standard InChI is InChI=1S/C22H17BrN4O5S2/c23-14-6-7-15(20(28)26-18(22(29)30)10-13-4-2-1-3-5-13)17(11-14)27-34(31,32)21-16-12-25-33-19(16)8-9-24-21/h1-9,11-12,18,27H,10H2,(H,26,28)(H,29,30). The number of nitrogens with one attached hydrogen (secondary N) is 2. The normalized spacial score (nSPS) is 12.3. The number of halogens is 1. The van der Waals surface area contributed by atoms with Crippen LogP contribution in [0.3, 0.4) is 0 Å². The van der Waals surface area contributed by atoms with E-state index >= 15 is 0 Å². The van der Waals surface area contributed by atoms with Gasteiger partial charge >= 0.3 is 5.97 Å². The van der Waals surface area contributed by atoms with Crippen LogP contribution in [0.4, 0.5) is 5.69 Å². The number of sulfonamides is 1. The molecule has 1 atom stereocenters. The molecule has 0 spiro atoms. The summed E-state index contributed by atoms with van der Waals surface area (Å²) in [6, 6.07) is 13.7. The maximum absolute atomic E-state index is 13.1. The average Bonchev–Trinajstić information content (AvgIpc) is 3.28. The predicted molar refractivity (Wildman–Crippen MR) is 131 cm³/mol. The Morgan fingerprint density at radius 3 is 2.62 bits per heavy atom. The second kappa shape index (κ2) is 9.87. The molecular formula is C22H17BrN4O5S2. The van der Waals surface area contributed by atoms with Crippen LogP contribution in [0, 0.1) is 0 Å². The monoisotopic (exact) mass is 560 g/mol. The highest BCUT2D eigenvalue weighted by molar-refractivity contribution is 9.10. The summed E-state index contributed by atoms with van der Waals surface area (Å²) < 4.78 is 33.8. The summed E-state index contributed by atoms with van der Waals surface area (Å²) >= 11 is 4.41. The first-order valence-electron chi connectivity index (χ1n) is 9.84. The van der Waals surface area contributed by atoms with E-state index in [9.17, 15) is 23.1 Å². The van der Waals surface area contributed by atoms with E-state index in [0.717, 1.165) is 17.1 Å². The van der Waals surface area contributed by atoms with Gasteiger partial charge in [-0.05, 0) is 41.4 Å². The molecule has 4 rings (SSSR count). The average molecular weight is 561 g/mol. The summed E-state index contributed by atoms with van der Waals surface area (Å²) in [6.45, 7) is 0. The molecule has 0 radical (unpaired) electrons. The van der Waals surface area contributed by atoms with E-state index in [0.29, 0.717) is 14.6 Å². The number of benzene rings is 2. The third-order valence-corrected chi connectivity index (χ3v) is 7.44. The third-order valence-electron chi connectivity index (χ3n) is 4.86. The topological polar surface area (TPSA) is 138 Å². The van der Waals surface area contributed by atoms with E-state index in [1.54, 1.807) is 42.5 Å². The van der Waals surface area contributed by atoms with E-state index in [1.807, 2.05) is 0 Å². The van der Waals surface area contributed by atoms with Crippen molar-refractivity contribution in [2.24, 2.45) is 0 Å². The number of pyridine rings is 1. The molecule has 0 aliphatic rings. The first-order chi connectivity index (χ1) is 16.2. The van der Waals surface area contributed by atoms with Gasteiger partial charge in [0.05, 0.1) is 27.5 Å². The van der Waals surface area contributed by atoms with Crippen LogP contribution in [0.2, 0.25) is 0 Å². The lowest BCUT2D eigenvalue weighted by atomic mass is 10.1. The molecule has 2 aromatic carbocycles. The largest absolute Gasteiger partial charge is 0.480 e. The van der Waals surface area contributed by atoms with Crippen molar-refractivity contribution in [3.05, 3.63) is 82.6 Å². The number of aromatic nitrogens is 2. The predicted octanol–water partition coefficient (Wildman–Crippen LogP) is 3.68. The Morgan fingerprint density at radius 2 is 1.88 bits per heavy atom. The van der Waals surface area contributed by atoms with Gasteiger partial charge in [0.2, 0.25) is 0 Å². The lowest BCUT2D eigenvalue weighted by Gasteiger charge is -2.17. The Morgan fingerprint density at radius 1 is 1.12 bits per heavy atom. The van der Waals surface area contributed by atoms with Gasteiger partial charge in [0.25, 0.3) is 15.9 Å². The van der Waals surface area contributed by atoms with Crippen molar-refractivity contribution < 1.29 is 23.1 Å². The fraction of sp³-hybridized carbons (Fsp3) is 0.0909. The van der Waals surface area contributed by atoms with Crippen LogP contribution >= 0.6 is 27.5 Å². The Kier molecular flexibility index (Phi) is 6.91. The van der Waals surface area contributed by atoms with Crippen molar-refractivity contribution in [2.75, 3.05) is 4.72 Å².